The van der Waals surface area contributed by atoms with Gasteiger partial charge in [0.25, 0.3) is 0 Å². The van der Waals surface area contributed by atoms with E-state index in [1.165, 1.54) is 96.3 Å². The van der Waals surface area contributed by atoms with Crippen LogP contribution in [-0.2, 0) is 4.74 Å². The summed E-state index contributed by atoms with van der Waals surface area (Å²) in [6, 6.07) is 0. The summed E-state index contributed by atoms with van der Waals surface area (Å²) in [7, 11) is 0. The lowest BCUT2D eigenvalue weighted by atomic mass is 10.0. The zero-order valence-electron chi connectivity index (χ0n) is 21.6. The van der Waals surface area contributed by atoms with Crippen LogP contribution in [0.2, 0.25) is 0 Å². The van der Waals surface area contributed by atoms with Crippen molar-refractivity contribution >= 4 is 34.8 Å². The van der Waals surface area contributed by atoms with Crippen molar-refractivity contribution in [1.82, 2.24) is 0 Å². The predicted molar refractivity (Wildman–Crippen MR) is 145 cm³/mol. The molecule has 0 atom stereocenters. The van der Waals surface area contributed by atoms with Gasteiger partial charge in [-0.05, 0) is 12.8 Å². The minimum atomic E-state index is -0.750. The van der Waals surface area contributed by atoms with E-state index in [4.69, 9.17) is 39.5 Å². The van der Waals surface area contributed by atoms with Crippen molar-refractivity contribution in [3.8, 4) is 0 Å². The SMILES string of the molecule is C1CCCCC1.CCCCCC.CCCCCCC.CCCOCCC.ClC(Cl)Cl. The first-order valence-electron chi connectivity index (χ1n) is 13.0. The van der Waals surface area contributed by atoms with Crippen LogP contribution in [0.3, 0.4) is 0 Å². The average molecular weight is 492 g/mol. The highest BCUT2D eigenvalue weighted by Crippen LogP contribution is 2.15. The minimum absolute atomic E-state index is 0.750. The van der Waals surface area contributed by atoms with Crippen molar-refractivity contribution in [1.29, 1.82) is 0 Å². The van der Waals surface area contributed by atoms with Crippen LogP contribution < -0.4 is 0 Å². The van der Waals surface area contributed by atoms with Crippen molar-refractivity contribution in [2.45, 2.75) is 155 Å². The number of alkyl halides is 3. The molecule has 1 nitrogen and oxygen atoms in total. The quantitative estimate of drug-likeness (QED) is 0.206. The smallest absolute Gasteiger partial charge is 0.180 e. The molecule has 4 heteroatoms. The number of halogens is 3. The minimum Gasteiger partial charge on any atom is -0.381 e. The molecule has 0 aromatic carbocycles. The second-order valence-electron chi connectivity index (χ2n) is 7.75. The molecule has 0 amide bonds. The van der Waals surface area contributed by atoms with Crippen LogP contribution >= 0.6 is 34.8 Å². The lowest BCUT2D eigenvalue weighted by molar-refractivity contribution is 0.135. The number of unbranched alkanes of at least 4 members (excludes halogenated alkanes) is 7. The molecule has 0 aromatic heterocycles. The normalized spacial score (nSPS) is 12.2. The van der Waals surface area contributed by atoms with E-state index in [0.717, 1.165) is 26.1 Å². The molecule has 0 unspecified atom stereocenters. The van der Waals surface area contributed by atoms with E-state index in [9.17, 15) is 0 Å². The topological polar surface area (TPSA) is 9.23 Å². The third kappa shape index (κ3) is 70.2. The molecule has 0 bridgehead atoms. The second-order valence-corrected chi connectivity index (χ2v) is 9.73. The molecule has 1 aliphatic rings. The lowest BCUT2D eigenvalue weighted by Crippen LogP contribution is -1.92. The molecule has 0 saturated heterocycles. The van der Waals surface area contributed by atoms with Crippen LogP contribution in [0.15, 0.2) is 0 Å². The van der Waals surface area contributed by atoms with Crippen LogP contribution in [0.4, 0.5) is 0 Å². The number of rotatable bonds is 11. The van der Waals surface area contributed by atoms with Gasteiger partial charge in [-0.2, -0.15) is 0 Å². The van der Waals surface area contributed by atoms with Gasteiger partial charge in [0.2, 0.25) is 0 Å². The second kappa shape index (κ2) is 43.7. The van der Waals surface area contributed by atoms with E-state index in [1.54, 1.807) is 0 Å². The summed E-state index contributed by atoms with van der Waals surface area (Å²) in [5, 5.41) is 0. The first kappa shape index (κ1) is 38.1. The van der Waals surface area contributed by atoms with Gasteiger partial charge in [-0.25, -0.2) is 0 Å². The number of hydrogen-bond donors (Lipinski definition) is 0. The van der Waals surface area contributed by atoms with Crippen molar-refractivity contribution in [2.75, 3.05) is 13.2 Å². The molecular formula is C26H57Cl3O. The van der Waals surface area contributed by atoms with Crippen molar-refractivity contribution in [3.63, 3.8) is 0 Å². The molecular weight excluding hydrogens is 435 g/mol. The fourth-order valence-electron chi connectivity index (χ4n) is 2.63. The first-order valence-corrected chi connectivity index (χ1v) is 14.3. The molecule has 30 heavy (non-hydrogen) atoms. The van der Waals surface area contributed by atoms with Crippen molar-refractivity contribution in [3.05, 3.63) is 0 Å². The van der Waals surface area contributed by atoms with Crippen LogP contribution in [0.5, 0.6) is 0 Å². The first-order chi connectivity index (χ1) is 14.5. The zero-order chi connectivity index (χ0) is 23.7. The molecule has 1 fully saturated rings. The van der Waals surface area contributed by atoms with Gasteiger partial charge in [-0.1, -0.05) is 173 Å². The molecule has 0 aromatic rings. The van der Waals surface area contributed by atoms with Gasteiger partial charge in [0.15, 0.2) is 4.30 Å². The summed E-state index contributed by atoms with van der Waals surface area (Å²) in [6.45, 7) is 15.0. The summed E-state index contributed by atoms with van der Waals surface area (Å²) in [5.74, 6) is 0. The molecule has 0 radical (unpaired) electrons. The molecule has 0 heterocycles. The van der Waals surface area contributed by atoms with Crippen molar-refractivity contribution in [2.24, 2.45) is 0 Å². The highest BCUT2D eigenvalue weighted by Gasteiger charge is 1.95. The lowest BCUT2D eigenvalue weighted by Gasteiger charge is -2.05. The third-order valence-corrected chi connectivity index (χ3v) is 4.36. The molecule has 0 N–H and O–H groups in total. The molecule has 188 valence electrons. The van der Waals surface area contributed by atoms with E-state index in [2.05, 4.69) is 41.5 Å². The Hall–Kier alpha value is 0.830. The monoisotopic (exact) mass is 490 g/mol. The Labute approximate surface area is 207 Å². The largest absolute Gasteiger partial charge is 0.381 e. The van der Waals surface area contributed by atoms with Gasteiger partial charge >= 0.3 is 0 Å². The van der Waals surface area contributed by atoms with E-state index in [-0.39, 0.29) is 0 Å². The standard InChI is InChI=1S/C7H16.C6H14O.C6H12.C6H14.CHCl3/c2*1-3-5-7-6-4-2;1-2-4-6-5-3-1;1-3-5-6-4-2;2-1(3)4/h3-7H2,1-2H3;3-6H2,1-2H3;1-6H2;3-6H2,1-2H3;1H. The Morgan fingerprint density at radius 3 is 0.900 bits per heavy atom. The van der Waals surface area contributed by atoms with Gasteiger partial charge < -0.3 is 4.74 Å². The summed E-state index contributed by atoms with van der Waals surface area (Å²) >= 11 is 14.4. The van der Waals surface area contributed by atoms with E-state index < -0.39 is 4.30 Å². The Balaban J connectivity index is -0.000000142. The van der Waals surface area contributed by atoms with Gasteiger partial charge in [0.1, 0.15) is 0 Å². The predicted octanol–water partition coefficient (Wildman–Crippen LogP) is 11.7. The summed E-state index contributed by atoms with van der Waals surface area (Å²) < 4.78 is 4.38. The van der Waals surface area contributed by atoms with Crippen LogP contribution in [0.1, 0.15) is 151 Å². The Morgan fingerprint density at radius 2 is 0.700 bits per heavy atom. The summed E-state index contributed by atoms with van der Waals surface area (Å²) in [4.78, 5) is 0. The number of hydrogen-bond acceptors (Lipinski definition) is 1. The van der Waals surface area contributed by atoms with Crippen LogP contribution in [-0.4, -0.2) is 17.5 Å². The van der Waals surface area contributed by atoms with Crippen LogP contribution in [0.25, 0.3) is 0 Å². The van der Waals surface area contributed by atoms with Gasteiger partial charge in [0.05, 0.1) is 0 Å². The van der Waals surface area contributed by atoms with Gasteiger partial charge in [-0.15, -0.1) is 0 Å². The molecule has 0 aliphatic heterocycles. The van der Waals surface area contributed by atoms with E-state index in [0.29, 0.717) is 0 Å². The maximum Gasteiger partial charge on any atom is 0.180 e. The highest BCUT2D eigenvalue weighted by molar-refractivity contribution is 6.63. The zero-order valence-corrected chi connectivity index (χ0v) is 23.8. The Bertz CT molecular complexity index is 186. The average Bonchev–Trinajstić information content (AvgIpc) is 2.75. The number of ether oxygens (including phenoxy) is 1. The molecule has 1 aliphatic carbocycles. The third-order valence-electron chi connectivity index (χ3n) is 4.36. The van der Waals surface area contributed by atoms with E-state index >= 15 is 0 Å². The summed E-state index contributed by atoms with van der Waals surface area (Å²) in [5.41, 5.74) is 0. The highest BCUT2D eigenvalue weighted by atomic mass is 35.6. The fourth-order valence-corrected chi connectivity index (χ4v) is 2.63. The Morgan fingerprint density at radius 1 is 0.467 bits per heavy atom. The fraction of sp³-hybridized carbons (Fsp3) is 1.00. The van der Waals surface area contributed by atoms with Gasteiger partial charge in [-0.3, -0.25) is 0 Å². The van der Waals surface area contributed by atoms with Crippen molar-refractivity contribution < 1.29 is 4.74 Å². The van der Waals surface area contributed by atoms with Gasteiger partial charge in [0, 0.05) is 13.2 Å². The Kier molecular flexibility index (Phi) is 55.5. The maximum absolute atomic E-state index is 5.13. The molecule has 1 rings (SSSR count). The molecule has 1 saturated carbocycles. The molecule has 0 spiro atoms. The van der Waals surface area contributed by atoms with E-state index in [1.807, 2.05) is 0 Å². The summed E-state index contributed by atoms with van der Waals surface area (Å²) in [6.07, 6.45) is 23.8. The maximum atomic E-state index is 5.13. The van der Waals surface area contributed by atoms with Crippen LogP contribution in [0, 0.1) is 0 Å².